The van der Waals surface area contributed by atoms with E-state index in [9.17, 15) is 18.4 Å². The van der Waals surface area contributed by atoms with Crippen molar-refractivity contribution in [3.63, 3.8) is 0 Å². The van der Waals surface area contributed by atoms with Crippen molar-refractivity contribution in [2.45, 2.75) is 19.1 Å². The first-order valence-electron chi connectivity index (χ1n) is 9.22. The summed E-state index contributed by atoms with van der Waals surface area (Å²) in [6, 6.07) is 18.1. The lowest BCUT2D eigenvalue weighted by Gasteiger charge is -2.12. The predicted octanol–water partition coefficient (Wildman–Crippen LogP) is 5.60. The van der Waals surface area contributed by atoms with Crippen LogP contribution in [0, 0.1) is 11.3 Å². The van der Waals surface area contributed by atoms with Crippen molar-refractivity contribution in [1.82, 2.24) is 9.55 Å². The number of benzene rings is 3. The minimum Gasteiger partial charge on any atom is -0.324 e. The number of aromatic nitrogens is 2. The topological polar surface area (TPSA) is 67.6 Å². The third-order valence-corrected chi connectivity index (χ3v) is 5.00. The van der Waals surface area contributed by atoms with Gasteiger partial charge in [-0.25, -0.2) is 4.98 Å². The van der Waals surface area contributed by atoms with Crippen LogP contribution in [0.2, 0.25) is 0 Å². The minimum absolute atomic E-state index is 0.0287. The third-order valence-electron chi connectivity index (χ3n) is 5.00. The first-order valence-corrected chi connectivity index (χ1v) is 9.22. The van der Waals surface area contributed by atoms with Crippen LogP contribution in [0.4, 0.5) is 13.2 Å². The number of hydrogen-bond acceptors (Lipinski definition) is 3. The zero-order valence-corrected chi connectivity index (χ0v) is 16.0. The molecule has 3 aromatic carbocycles. The zero-order chi connectivity index (χ0) is 21.5. The van der Waals surface area contributed by atoms with Gasteiger partial charge in [-0.15, -0.1) is 0 Å². The van der Waals surface area contributed by atoms with Crippen molar-refractivity contribution in [2.75, 3.05) is 0 Å². The first-order chi connectivity index (χ1) is 14.3. The molecule has 1 aromatic heterocycles. The van der Waals surface area contributed by atoms with Gasteiger partial charge in [0.15, 0.2) is 0 Å². The molecule has 4 rings (SSSR count). The Kier molecular flexibility index (Phi) is 4.80. The predicted molar refractivity (Wildman–Crippen MR) is 109 cm³/mol. The highest BCUT2D eigenvalue weighted by atomic mass is 19.4. The summed E-state index contributed by atoms with van der Waals surface area (Å²) in [5.74, 6) is 0. The van der Waals surface area contributed by atoms with Gasteiger partial charge in [-0.3, -0.25) is 4.57 Å². The summed E-state index contributed by atoms with van der Waals surface area (Å²) >= 11 is 0. The van der Waals surface area contributed by atoms with E-state index in [2.05, 4.69) is 4.98 Å². The lowest BCUT2D eigenvalue weighted by Crippen LogP contribution is -2.05. The maximum absolute atomic E-state index is 13.0. The summed E-state index contributed by atoms with van der Waals surface area (Å²) in [5.41, 5.74) is 9.59. The SMILES string of the molecule is C[C@H](N)c1ccc2c(c1)ncn2-c1cccc(-c2ccc(C(F)(F)F)cc2C#N)c1. The molecule has 0 fully saturated rings. The van der Waals surface area contributed by atoms with Gasteiger partial charge in [0.05, 0.1) is 28.2 Å². The third kappa shape index (κ3) is 3.53. The Morgan fingerprint density at radius 1 is 1.07 bits per heavy atom. The van der Waals surface area contributed by atoms with Gasteiger partial charge in [0.25, 0.3) is 0 Å². The van der Waals surface area contributed by atoms with Gasteiger partial charge in [0, 0.05) is 11.7 Å². The molecule has 0 saturated heterocycles. The van der Waals surface area contributed by atoms with Gasteiger partial charge in [0.1, 0.15) is 6.33 Å². The van der Waals surface area contributed by atoms with Gasteiger partial charge >= 0.3 is 6.18 Å². The van der Waals surface area contributed by atoms with E-state index >= 15 is 0 Å². The fraction of sp³-hybridized carbons (Fsp3) is 0.130. The number of alkyl halides is 3. The largest absolute Gasteiger partial charge is 0.416 e. The molecule has 0 aliphatic heterocycles. The van der Waals surface area contributed by atoms with Crippen LogP contribution in [0.1, 0.15) is 29.7 Å². The number of rotatable bonds is 3. The van der Waals surface area contributed by atoms with Crippen molar-refractivity contribution in [3.05, 3.63) is 83.7 Å². The Morgan fingerprint density at radius 3 is 2.57 bits per heavy atom. The Labute approximate surface area is 171 Å². The molecular weight excluding hydrogens is 389 g/mol. The molecule has 1 atom stereocenters. The number of halogens is 3. The molecule has 2 N–H and O–H groups in total. The number of nitrogens with two attached hydrogens (primary N) is 1. The Bertz CT molecular complexity index is 1280. The van der Waals surface area contributed by atoms with Crippen LogP contribution in [-0.4, -0.2) is 9.55 Å². The van der Waals surface area contributed by atoms with E-state index in [-0.39, 0.29) is 11.6 Å². The van der Waals surface area contributed by atoms with E-state index in [1.54, 1.807) is 18.5 Å². The average molecular weight is 406 g/mol. The molecular formula is C23H17F3N4. The molecule has 0 unspecified atom stereocenters. The number of nitrogens with zero attached hydrogens (tertiary/aromatic N) is 3. The van der Waals surface area contributed by atoms with E-state index < -0.39 is 11.7 Å². The number of hydrogen-bond donors (Lipinski definition) is 1. The summed E-state index contributed by atoms with van der Waals surface area (Å²) in [4.78, 5) is 4.44. The van der Waals surface area contributed by atoms with Gasteiger partial charge < -0.3 is 5.73 Å². The normalized spacial score (nSPS) is 12.7. The highest BCUT2D eigenvalue weighted by Gasteiger charge is 2.31. The van der Waals surface area contributed by atoms with Crippen molar-refractivity contribution in [3.8, 4) is 22.9 Å². The number of nitriles is 1. The van der Waals surface area contributed by atoms with Crippen LogP contribution in [0.15, 0.2) is 67.0 Å². The molecule has 0 spiro atoms. The molecule has 4 nitrogen and oxygen atoms in total. The van der Waals surface area contributed by atoms with Crippen LogP contribution in [0.3, 0.4) is 0 Å². The molecule has 150 valence electrons. The monoisotopic (exact) mass is 406 g/mol. The van der Waals surface area contributed by atoms with Crippen molar-refractivity contribution >= 4 is 11.0 Å². The lowest BCUT2D eigenvalue weighted by atomic mass is 9.97. The van der Waals surface area contributed by atoms with Crippen LogP contribution in [0.5, 0.6) is 0 Å². The highest BCUT2D eigenvalue weighted by Crippen LogP contribution is 2.34. The fourth-order valence-corrected chi connectivity index (χ4v) is 3.41. The summed E-state index contributed by atoms with van der Waals surface area (Å²) in [7, 11) is 0. The average Bonchev–Trinajstić information content (AvgIpc) is 3.16. The Hall–Kier alpha value is -3.63. The lowest BCUT2D eigenvalue weighted by molar-refractivity contribution is -0.137. The van der Waals surface area contributed by atoms with Crippen LogP contribution in [0.25, 0.3) is 27.8 Å². The van der Waals surface area contributed by atoms with E-state index in [4.69, 9.17) is 5.73 Å². The molecule has 30 heavy (non-hydrogen) atoms. The van der Waals surface area contributed by atoms with E-state index in [1.165, 1.54) is 6.07 Å². The highest BCUT2D eigenvalue weighted by molar-refractivity contribution is 5.79. The van der Waals surface area contributed by atoms with E-state index in [0.29, 0.717) is 11.1 Å². The van der Waals surface area contributed by atoms with Crippen LogP contribution in [-0.2, 0) is 6.18 Å². The zero-order valence-electron chi connectivity index (χ0n) is 16.0. The summed E-state index contributed by atoms with van der Waals surface area (Å²) in [6.07, 6.45) is -2.81. The summed E-state index contributed by atoms with van der Waals surface area (Å²) in [6.45, 7) is 1.90. The standard InChI is InChI=1S/C23H17F3N4/c1-14(28)15-5-8-22-21(11-15)29-13-30(22)19-4-2-3-16(10-19)20-7-6-18(23(24,25)26)9-17(20)12-27/h2-11,13-14H,28H2,1H3/t14-/m0/s1. The Morgan fingerprint density at radius 2 is 1.87 bits per heavy atom. The van der Waals surface area contributed by atoms with Crippen molar-refractivity contribution in [1.29, 1.82) is 5.26 Å². The maximum Gasteiger partial charge on any atom is 0.416 e. The second-order valence-corrected chi connectivity index (χ2v) is 7.07. The molecule has 0 radical (unpaired) electrons. The smallest absolute Gasteiger partial charge is 0.324 e. The minimum atomic E-state index is -4.50. The van der Waals surface area contributed by atoms with Gasteiger partial charge in [-0.2, -0.15) is 18.4 Å². The summed E-state index contributed by atoms with van der Waals surface area (Å²) in [5, 5.41) is 9.39. The summed E-state index contributed by atoms with van der Waals surface area (Å²) < 4.78 is 40.9. The fourth-order valence-electron chi connectivity index (χ4n) is 3.41. The second kappa shape index (κ2) is 7.32. The Balaban J connectivity index is 1.79. The van der Waals surface area contributed by atoms with Gasteiger partial charge in [-0.05, 0) is 60.0 Å². The van der Waals surface area contributed by atoms with Gasteiger partial charge in [0.2, 0.25) is 0 Å². The number of fused-ring (bicyclic) bond motifs is 1. The molecule has 4 aromatic rings. The molecule has 7 heteroatoms. The van der Waals surface area contributed by atoms with Crippen molar-refractivity contribution in [2.24, 2.45) is 5.73 Å². The number of imidazole rings is 1. The van der Waals surface area contributed by atoms with Crippen LogP contribution >= 0.6 is 0 Å². The molecule has 0 amide bonds. The maximum atomic E-state index is 13.0. The van der Waals surface area contributed by atoms with Crippen molar-refractivity contribution < 1.29 is 13.2 Å². The molecule has 0 saturated carbocycles. The molecule has 1 heterocycles. The molecule has 0 aliphatic rings. The molecule has 0 bridgehead atoms. The first kappa shape index (κ1) is 19.7. The van der Waals surface area contributed by atoms with E-state index in [1.807, 2.05) is 47.9 Å². The van der Waals surface area contributed by atoms with Crippen LogP contribution < -0.4 is 5.73 Å². The second-order valence-electron chi connectivity index (χ2n) is 7.07. The quantitative estimate of drug-likeness (QED) is 0.481. The molecule has 0 aliphatic carbocycles. The van der Waals surface area contributed by atoms with Gasteiger partial charge in [-0.1, -0.05) is 24.3 Å². The van der Waals surface area contributed by atoms with E-state index in [0.717, 1.165) is 34.4 Å².